The van der Waals surface area contributed by atoms with E-state index in [4.69, 9.17) is 5.11 Å². The average molecular weight is 363 g/mol. The first-order valence-electron chi connectivity index (χ1n) is 8.77. The Morgan fingerprint density at radius 3 is 2.11 bits per heavy atom. The van der Waals surface area contributed by atoms with Crippen molar-refractivity contribution in [2.45, 2.75) is 0 Å². The van der Waals surface area contributed by atoms with Gasteiger partial charge < -0.3 is 14.9 Å². The van der Waals surface area contributed by atoms with Gasteiger partial charge in [0.25, 0.3) is 0 Å². The highest BCUT2D eigenvalue weighted by molar-refractivity contribution is 5.91. The Hall–Kier alpha value is -3.41. The molecule has 6 nitrogen and oxygen atoms in total. The number of rotatable bonds is 5. The third-order valence-corrected chi connectivity index (χ3v) is 4.30. The molecule has 2 aromatic rings. The lowest BCUT2D eigenvalue weighted by Gasteiger charge is -2.35. The number of carboxylic acid groups (broad SMARTS) is 1. The topological polar surface area (TPSA) is 73.7 Å². The summed E-state index contributed by atoms with van der Waals surface area (Å²) in [6.45, 7) is 2.95. The van der Waals surface area contributed by atoms with Crippen LogP contribution in [0.2, 0.25) is 0 Å². The lowest BCUT2D eigenvalue weighted by molar-refractivity contribution is -0.131. The van der Waals surface area contributed by atoms with Gasteiger partial charge in [-0.15, -0.1) is 0 Å². The zero-order chi connectivity index (χ0) is 19.1. The summed E-state index contributed by atoms with van der Waals surface area (Å²) in [6, 6.07) is 15.4. The van der Waals surface area contributed by atoms with Crippen molar-refractivity contribution in [1.29, 1.82) is 0 Å². The second-order valence-corrected chi connectivity index (χ2v) is 6.14. The molecule has 0 saturated carbocycles. The number of anilines is 1. The standard InChI is InChI=1S/C21H21N3O3/c25-20(11-9-17-5-4-6-18(22-17)10-12-21(26)27)24-15-13-23(14-16-24)19-7-2-1-3-8-19/h1-12H,13-16H2,(H,26,27)/b11-9+,12-10+. The fourth-order valence-electron chi connectivity index (χ4n) is 2.90. The number of benzene rings is 1. The summed E-state index contributed by atoms with van der Waals surface area (Å²) in [5.41, 5.74) is 2.32. The lowest BCUT2D eigenvalue weighted by atomic mass is 10.2. The molecule has 1 aliphatic rings. The number of hydrogen-bond acceptors (Lipinski definition) is 4. The molecular formula is C21H21N3O3. The van der Waals surface area contributed by atoms with Crippen LogP contribution in [-0.4, -0.2) is 53.0 Å². The van der Waals surface area contributed by atoms with E-state index in [0.29, 0.717) is 24.5 Å². The zero-order valence-electron chi connectivity index (χ0n) is 14.9. The largest absolute Gasteiger partial charge is 0.478 e. The monoisotopic (exact) mass is 363 g/mol. The quantitative estimate of drug-likeness (QED) is 0.827. The van der Waals surface area contributed by atoms with Crippen LogP contribution >= 0.6 is 0 Å². The summed E-state index contributed by atoms with van der Waals surface area (Å²) < 4.78 is 0. The highest BCUT2D eigenvalue weighted by Crippen LogP contribution is 2.15. The molecule has 138 valence electrons. The van der Waals surface area contributed by atoms with E-state index in [-0.39, 0.29) is 5.91 Å². The van der Waals surface area contributed by atoms with Crippen LogP contribution in [0.4, 0.5) is 5.69 Å². The molecule has 1 amide bonds. The number of aromatic nitrogens is 1. The Kier molecular flexibility index (Phi) is 5.99. The van der Waals surface area contributed by atoms with E-state index in [1.165, 1.54) is 17.8 Å². The zero-order valence-corrected chi connectivity index (χ0v) is 14.9. The van der Waals surface area contributed by atoms with E-state index in [0.717, 1.165) is 19.2 Å². The molecule has 0 atom stereocenters. The number of hydrogen-bond donors (Lipinski definition) is 1. The second kappa shape index (κ2) is 8.80. The Labute approximate surface area is 158 Å². The summed E-state index contributed by atoms with van der Waals surface area (Å²) in [5, 5.41) is 8.67. The highest BCUT2D eigenvalue weighted by Gasteiger charge is 2.19. The molecule has 6 heteroatoms. The predicted octanol–water partition coefficient (Wildman–Crippen LogP) is 2.54. The number of para-hydroxylation sites is 1. The van der Waals surface area contributed by atoms with Crippen molar-refractivity contribution < 1.29 is 14.7 Å². The molecule has 3 rings (SSSR count). The van der Waals surface area contributed by atoms with E-state index in [9.17, 15) is 9.59 Å². The van der Waals surface area contributed by atoms with Crippen molar-refractivity contribution in [1.82, 2.24) is 9.88 Å². The number of carbonyl (C=O) groups excluding carboxylic acids is 1. The maximum absolute atomic E-state index is 12.4. The van der Waals surface area contributed by atoms with E-state index in [1.807, 2.05) is 23.1 Å². The minimum Gasteiger partial charge on any atom is -0.478 e. The maximum Gasteiger partial charge on any atom is 0.328 e. The summed E-state index contributed by atoms with van der Waals surface area (Å²) in [5.74, 6) is -1.07. The molecule has 0 radical (unpaired) electrons. The van der Waals surface area contributed by atoms with Crippen molar-refractivity contribution in [3.05, 3.63) is 72.1 Å². The number of amides is 1. The van der Waals surface area contributed by atoms with Crippen LogP contribution in [0.3, 0.4) is 0 Å². The van der Waals surface area contributed by atoms with Crippen LogP contribution in [-0.2, 0) is 9.59 Å². The molecule has 1 aromatic carbocycles. The number of piperazine rings is 1. The van der Waals surface area contributed by atoms with Crippen molar-refractivity contribution in [2.24, 2.45) is 0 Å². The van der Waals surface area contributed by atoms with Gasteiger partial charge in [0.15, 0.2) is 0 Å². The first kappa shape index (κ1) is 18.4. The summed E-state index contributed by atoms with van der Waals surface area (Å²) in [6.07, 6.45) is 5.63. The van der Waals surface area contributed by atoms with Gasteiger partial charge in [-0.25, -0.2) is 9.78 Å². The van der Waals surface area contributed by atoms with Gasteiger partial charge in [-0.1, -0.05) is 24.3 Å². The van der Waals surface area contributed by atoms with E-state index < -0.39 is 5.97 Å². The minimum absolute atomic E-state index is 0.0454. The van der Waals surface area contributed by atoms with Crippen LogP contribution in [0.25, 0.3) is 12.2 Å². The lowest BCUT2D eigenvalue weighted by Crippen LogP contribution is -2.48. The number of nitrogens with zero attached hydrogens (tertiary/aromatic N) is 3. The smallest absolute Gasteiger partial charge is 0.328 e. The molecule has 0 aliphatic carbocycles. The molecule has 1 fully saturated rings. The first-order valence-corrected chi connectivity index (χ1v) is 8.77. The van der Waals surface area contributed by atoms with Crippen molar-refractivity contribution in [2.75, 3.05) is 31.1 Å². The molecule has 1 N–H and O–H groups in total. The molecule has 27 heavy (non-hydrogen) atoms. The van der Waals surface area contributed by atoms with Crippen LogP contribution in [0, 0.1) is 0 Å². The fourth-order valence-corrected chi connectivity index (χ4v) is 2.90. The molecule has 0 bridgehead atoms. The molecule has 1 aliphatic heterocycles. The van der Waals surface area contributed by atoms with Gasteiger partial charge in [-0.05, 0) is 36.4 Å². The number of aliphatic carboxylic acids is 1. The number of carboxylic acids is 1. The Balaban J connectivity index is 1.56. The van der Waals surface area contributed by atoms with Crippen LogP contribution in [0.15, 0.2) is 60.7 Å². The van der Waals surface area contributed by atoms with E-state index in [1.54, 1.807) is 24.3 Å². The van der Waals surface area contributed by atoms with Gasteiger partial charge >= 0.3 is 5.97 Å². The molecule has 2 heterocycles. The van der Waals surface area contributed by atoms with Crippen LogP contribution < -0.4 is 4.90 Å². The van der Waals surface area contributed by atoms with Crippen LogP contribution in [0.5, 0.6) is 0 Å². The Morgan fingerprint density at radius 1 is 0.852 bits per heavy atom. The normalized spacial score (nSPS) is 14.8. The molecular weight excluding hydrogens is 342 g/mol. The number of carbonyl (C=O) groups is 2. The van der Waals surface area contributed by atoms with E-state index >= 15 is 0 Å². The van der Waals surface area contributed by atoms with Gasteiger partial charge in [0.1, 0.15) is 0 Å². The third-order valence-electron chi connectivity index (χ3n) is 4.30. The maximum atomic E-state index is 12.4. The average Bonchev–Trinajstić information content (AvgIpc) is 2.71. The molecule has 1 saturated heterocycles. The first-order chi connectivity index (χ1) is 13.1. The molecule has 1 aromatic heterocycles. The fraction of sp³-hybridized carbons (Fsp3) is 0.190. The SMILES string of the molecule is O=C(O)/C=C/c1cccc(/C=C/C(=O)N2CCN(c3ccccc3)CC2)n1. The second-order valence-electron chi connectivity index (χ2n) is 6.14. The van der Waals surface area contributed by atoms with Gasteiger partial charge in [-0.3, -0.25) is 4.79 Å². The van der Waals surface area contributed by atoms with E-state index in [2.05, 4.69) is 22.0 Å². The third kappa shape index (κ3) is 5.28. The number of pyridine rings is 1. The highest BCUT2D eigenvalue weighted by atomic mass is 16.4. The molecule has 0 unspecified atom stereocenters. The van der Waals surface area contributed by atoms with Gasteiger partial charge in [0.05, 0.1) is 11.4 Å². The van der Waals surface area contributed by atoms with Crippen LogP contribution in [0.1, 0.15) is 11.4 Å². The summed E-state index contributed by atoms with van der Waals surface area (Å²) in [4.78, 5) is 31.4. The van der Waals surface area contributed by atoms with Gasteiger partial charge in [0.2, 0.25) is 5.91 Å². The van der Waals surface area contributed by atoms with Crippen molar-refractivity contribution in [3.8, 4) is 0 Å². The predicted molar refractivity (Wildman–Crippen MR) is 105 cm³/mol. The van der Waals surface area contributed by atoms with Crippen molar-refractivity contribution in [3.63, 3.8) is 0 Å². The Bertz CT molecular complexity index is 854. The van der Waals surface area contributed by atoms with Crippen molar-refractivity contribution >= 4 is 29.7 Å². The molecule has 0 spiro atoms. The minimum atomic E-state index is -1.03. The summed E-state index contributed by atoms with van der Waals surface area (Å²) >= 11 is 0. The Morgan fingerprint density at radius 2 is 1.48 bits per heavy atom. The van der Waals surface area contributed by atoms with Gasteiger partial charge in [0, 0.05) is 44.0 Å². The van der Waals surface area contributed by atoms with Gasteiger partial charge in [-0.2, -0.15) is 0 Å². The summed E-state index contributed by atoms with van der Waals surface area (Å²) in [7, 11) is 0.